The van der Waals surface area contributed by atoms with Gasteiger partial charge in [-0.1, -0.05) is 23.7 Å². The fraction of sp³-hybridized carbons (Fsp3) is 0.143. The highest BCUT2D eigenvalue weighted by atomic mass is 35.5. The van der Waals surface area contributed by atoms with Crippen molar-refractivity contribution >= 4 is 17.4 Å². The standard InChI is InChI=1S/C14H11ClFNO/c1-9-7-10(5-6-17-9)13(18)8-11-3-2-4-12(15)14(11)16/h2-7H,8H2,1H3. The summed E-state index contributed by atoms with van der Waals surface area (Å²) < 4.78 is 13.7. The number of hydrogen-bond donors (Lipinski definition) is 0. The fourth-order valence-electron chi connectivity index (χ4n) is 1.68. The topological polar surface area (TPSA) is 30.0 Å². The molecule has 0 atom stereocenters. The van der Waals surface area contributed by atoms with Crippen LogP contribution in [-0.2, 0) is 6.42 Å². The summed E-state index contributed by atoms with van der Waals surface area (Å²) in [5.74, 6) is -0.681. The number of rotatable bonds is 3. The first kappa shape index (κ1) is 12.7. The van der Waals surface area contributed by atoms with Gasteiger partial charge in [0, 0.05) is 23.9 Å². The van der Waals surface area contributed by atoms with Gasteiger partial charge in [0.15, 0.2) is 5.78 Å². The molecule has 0 fully saturated rings. The Kier molecular flexibility index (Phi) is 3.72. The van der Waals surface area contributed by atoms with Gasteiger partial charge in [-0.25, -0.2) is 4.39 Å². The van der Waals surface area contributed by atoms with Crippen molar-refractivity contribution in [3.63, 3.8) is 0 Å². The van der Waals surface area contributed by atoms with Gasteiger partial charge in [-0.3, -0.25) is 9.78 Å². The number of aromatic nitrogens is 1. The van der Waals surface area contributed by atoms with Crippen molar-refractivity contribution in [1.82, 2.24) is 4.98 Å². The summed E-state index contributed by atoms with van der Waals surface area (Å²) in [6, 6.07) is 7.96. The first-order chi connectivity index (χ1) is 8.58. The zero-order valence-corrected chi connectivity index (χ0v) is 10.5. The molecule has 0 spiro atoms. The van der Waals surface area contributed by atoms with E-state index in [1.165, 1.54) is 6.07 Å². The van der Waals surface area contributed by atoms with Crippen molar-refractivity contribution in [1.29, 1.82) is 0 Å². The highest BCUT2D eigenvalue weighted by molar-refractivity contribution is 6.30. The van der Waals surface area contributed by atoms with E-state index >= 15 is 0 Å². The minimum Gasteiger partial charge on any atom is -0.294 e. The summed E-state index contributed by atoms with van der Waals surface area (Å²) in [7, 11) is 0. The third kappa shape index (κ3) is 2.74. The Labute approximate surface area is 109 Å². The van der Waals surface area contributed by atoms with E-state index in [0.717, 1.165) is 5.69 Å². The number of ketones is 1. The van der Waals surface area contributed by atoms with E-state index in [9.17, 15) is 9.18 Å². The van der Waals surface area contributed by atoms with E-state index < -0.39 is 5.82 Å². The Morgan fingerprint density at radius 1 is 1.39 bits per heavy atom. The van der Waals surface area contributed by atoms with Crippen LogP contribution < -0.4 is 0 Å². The van der Waals surface area contributed by atoms with E-state index in [4.69, 9.17) is 11.6 Å². The number of halogens is 2. The summed E-state index contributed by atoms with van der Waals surface area (Å²) in [6.07, 6.45) is 1.56. The molecule has 1 aromatic heterocycles. The third-order valence-electron chi connectivity index (χ3n) is 2.60. The van der Waals surface area contributed by atoms with E-state index in [0.29, 0.717) is 11.1 Å². The molecular weight excluding hydrogens is 253 g/mol. The first-order valence-electron chi connectivity index (χ1n) is 5.46. The lowest BCUT2D eigenvalue weighted by Gasteiger charge is -2.04. The molecule has 0 aliphatic rings. The van der Waals surface area contributed by atoms with Crippen LogP contribution in [0.2, 0.25) is 5.02 Å². The number of nitrogens with zero attached hydrogens (tertiary/aromatic N) is 1. The number of aryl methyl sites for hydroxylation is 1. The van der Waals surface area contributed by atoms with E-state index in [-0.39, 0.29) is 17.2 Å². The molecule has 0 bridgehead atoms. The first-order valence-corrected chi connectivity index (χ1v) is 5.84. The van der Waals surface area contributed by atoms with Gasteiger partial charge < -0.3 is 0 Å². The molecule has 0 aliphatic carbocycles. The summed E-state index contributed by atoms with van der Waals surface area (Å²) in [5, 5.41) is 0.0335. The monoisotopic (exact) mass is 263 g/mol. The van der Waals surface area contributed by atoms with Gasteiger partial charge in [0.25, 0.3) is 0 Å². The van der Waals surface area contributed by atoms with Crippen LogP contribution in [0.5, 0.6) is 0 Å². The van der Waals surface area contributed by atoms with Crippen molar-refractivity contribution in [3.05, 3.63) is 64.2 Å². The maximum absolute atomic E-state index is 13.7. The number of carbonyl (C=O) groups is 1. The van der Waals surface area contributed by atoms with Gasteiger partial charge in [0.1, 0.15) is 5.82 Å². The molecule has 0 aliphatic heterocycles. The average Bonchev–Trinajstić information content (AvgIpc) is 2.35. The Morgan fingerprint density at radius 3 is 2.89 bits per heavy atom. The molecule has 0 amide bonds. The number of hydrogen-bond acceptors (Lipinski definition) is 2. The van der Waals surface area contributed by atoms with Crippen molar-refractivity contribution in [2.75, 3.05) is 0 Å². The quantitative estimate of drug-likeness (QED) is 0.792. The van der Waals surface area contributed by atoms with Gasteiger partial charge in [-0.15, -0.1) is 0 Å². The highest BCUT2D eigenvalue weighted by Gasteiger charge is 2.12. The number of Topliss-reactive ketones (excluding diaryl/α,β-unsaturated/α-hetero) is 1. The van der Waals surface area contributed by atoms with Crippen molar-refractivity contribution in [2.24, 2.45) is 0 Å². The predicted molar refractivity (Wildman–Crippen MR) is 68.4 cm³/mol. The molecule has 0 saturated heterocycles. The van der Waals surface area contributed by atoms with Crippen LogP contribution >= 0.6 is 11.6 Å². The van der Waals surface area contributed by atoms with E-state index in [2.05, 4.69) is 4.98 Å². The molecule has 2 rings (SSSR count). The summed E-state index contributed by atoms with van der Waals surface area (Å²) in [6.45, 7) is 1.80. The lowest BCUT2D eigenvalue weighted by molar-refractivity contribution is 0.0991. The molecule has 2 aromatic rings. The van der Waals surface area contributed by atoms with Crippen molar-refractivity contribution in [2.45, 2.75) is 13.3 Å². The van der Waals surface area contributed by atoms with Crippen LogP contribution in [0.25, 0.3) is 0 Å². The lowest BCUT2D eigenvalue weighted by Crippen LogP contribution is -2.06. The Morgan fingerprint density at radius 2 is 2.17 bits per heavy atom. The van der Waals surface area contributed by atoms with Crippen LogP contribution in [0.1, 0.15) is 21.6 Å². The van der Waals surface area contributed by atoms with Crippen LogP contribution in [-0.4, -0.2) is 10.8 Å². The van der Waals surface area contributed by atoms with Crippen LogP contribution in [0.15, 0.2) is 36.5 Å². The molecule has 0 N–H and O–H groups in total. The normalized spacial score (nSPS) is 10.4. The fourth-order valence-corrected chi connectivity index (χ4v) is 1.87. The van der Waals surface area contributed by atoms with Crippen LogP contribution in [0.3, 0.4) is 0 Å². The molecule has 4 heteroatoms. The molecular formula is C14H11ClFNO. The summed E-state index contributed by atoms with van der Waals surface area (Å²) in [5.41, 5.74) is 1.59. The maximum Gasteiger partial charge on any atom is 0.167 e. The number of pyridine rings is 1. The van der Waals surface area contributed by atoms with E-state index in [1.807, 2.05) is 0 Å². The van der Waals surface area contributed by atoms with Gasteiger partial charge in [-0.05, 0) is 30.7 Å². The molecule has 0 radical (unpaired) electrons. The smallest absolute Gasteiger partial charge is 0.167 e. The zero-order chi connectivity index (χ0) is 13.1. The SMILES string of the molecule is Cc1cc(C(=O)Cc2cccc(Cl)c2F)ccn1. The van der Waals surface area contributed by atoms with Crippen LogP contribution in [0, 0.1) is 12.7 Å². The molecule has 0 saturated carbocycles. The highest BCUT2D eigenvalue weighted by Crippen LogP contribution is 2.19. The lowest BCUT2D eigenvalue weighted by atomic mass is 10.0. The molecule has 0 unspecified atom stereocenters. The number of carbonyl (C=O) groups excluding carboxylic acids is 1. The summed E-state index contributed by atoms with van der Waals surface area (Å²) >= 11 is 5.67. The van der Waals surface area contributed by atoms with Gasteiger partial charge in [0.05, 0.1) is 5.02 Å². The molecule has 2 nitrogen and oxygen atoms in total. The summed E-state index contributed by atoms with van der Waals surface area (Å²) in [4.78, 5) is 16.0. The largest absolute Gasteiger partial charge is 0.294 e. The minimum atomic E-state index is -0.529. The second kappa shape index (κ2) is 5.27. The van der Waals surface area contributed by atoms with Crippen molar-refractivity contribution in [3.8, 4) is 0 Å². The Bertz CT molecular complexity index is 598. The second-order valence-electron chi connectivity index (χ2n) is 4.00. The van der Waals surface area contributed by atoms with Crippen LogP contribution in [0.4, 0.5) is 4.39 Å². The van der Waals surface area contributed by atoms with Crippen molar-refractivity contribution < 1.29 is 9.18 Å². The third-order valence-corrected chi connectivity index (χ3v) is 2.89. The molecule has 92 valence electrons. The maximum atomic E-state index is 13.7. The average molecular weight is 264 g/mol. The minimum absolute atomic E-state index is 0.00412. The van der Waals surface area contributed by atoms with Gasteiger partial charge in [-0.2, -0.15) is 0 Å². The predicted octanol–water partition coefficient (Wildman–Crippen LogP) is 3.61. The Hall–Kier alpha value is -1.74. The molecule has 1 heterocycles. The van der Waals surface area contributed by atoms with E-state index in [1.54, 1.807) is 37.4 Å². The second-order valence-corrected chi connectivity index (χ2v) is 4.41. The van der Waals surface area contributed by atoms with Gasteiger partial charge >= 0.3 is 0 Å². The van der Waals surface area contributed by atoms with Gasteiger partial charge in [0.2, 0.25) is 0 Å². The number of benzene rings is 1. The Balaban J connectivity index is 2.24. The molecule has 1 aromatic carbocycles. The molecule has 18 heavy (non-hydrogen) atoms. The zero-order valence-electron chi connectivity index (χ0n) is 9.78.